The van der Waals surface area contributed by atoms with Crippen LogP contribution in [-0.2, 0) is 6.42 Å². The highest BCUT2D eigenvalue weighted by molar-refractivity contribution is 6.32. The highest BCUT2D eigenvalue weighted by Gasteiger charge is 2.14. The van der Waals surface area contributed by atoms with Gasteiger partial charge < -0.3 is 5.32 Å². The van der Waals surface area contributed by atoms with Crippen molar-refractivity contribution in [3.8, 4) is 0 Å². The first-order valence-corrected chi connectivity index (χ1v) is 6.51. The molecule has 0 amide bonds. The van der Waals surface area contributed by atoms with Crippen LogP contribution in [0.15, 0.2) is 12.1 Å². The van der Waals surface area contributed by atoms with Gasteiger partial charge in [-0.2, -0.15) is 0 Å². The van der Waals surface area contributed by atoms with Crippen LogP contribution in [-0.4, -0.2) is 13.1 Å². The fourth-order valence-corrected chi connectivity index (χ4v) is 2.69. The number of halogens is 1. The Bertz CT molecular complexity index is 344. The Morgan fingerprint density at radius 2 is 2.00 bits per heavy atom. The summed E-state index contributed by atoms with van der Waals surface area (Å²) in [6.45, 7) is 6.55. The van der Waals surface area contributed by atoms with Gasteiger partial charge in [0.1, 0.15) is 0 Å². The third-order valence-electron chi connectivity index (χ3n) is 3.42. The minimum atomic E-state index is 0.800. The van der Waals surface area contributed by atoms with E-state index in [-0.39, 0.29) is 0 Å². The fraction of sp³-hybridized carbons (Fsp3) is 0.571. The molecule has 1 aromatic carbocycles. The van der Waals surface area contributed by atoms with E-state index in [2.05, 4.69) is 31.3 Å². The van der Waals surface area contributed by atoms with Gasteiger partial charge in [-0.1, -0.05) is 23.7 Å². The number of benzene rings is 1. The van der Waals surface area contributed by atoms with Crippen molar-refractivity contribution in [1.29, 1.82) is 0 Å². The predicted octanol–water partition coefficient (Wildman–Crippen LogP) is 3.50. The molecule has 1 atom stereocenters. The first-order chi connectivity index (χ1) is 7.66. The van der Waals surface area contributed by atoms with E-state index in [0.29, 0.717) is 0 Å². The Labute approximate surface area is 103 Å². The topological polar surface area (TPSA) is 12.0 Å². The molecule has 1 unspecified atom stereocenters. The molecule has 1 N–H and O–H groups in total. The molecule has 0 aliphatic carbocycles. The summed E-state index contributed by atoms with van der Waals surface area (Å²) in [5.74, 6) is 0.800. The molecule has 1 aliphatic heterocycles. The summed E-state index contributed by atoms with van der Waals surface area (Å²) in [6, 6.07) is 4.48. The van der Waals surface area contributed by atoms with Crippen LogP contribution in [0.25, 0.3) is 0 Å². The summed E-state index contributed by atoms with van der Waals surface area (Å²) in [7, 11) is 0. The lowest BCUT2D eigenvalue weighted by molar-refractivity contribution is 0.376. The van der Waals surface area contributed by atoms with E-state index < -0.39 is 0 Å². The monoisotopic (exact) mass is 237 g/mol. The Kier molecular flexibility index (Phi) is 3.88. The van der Waals surface area contributed by atoms with Gasteiger partial charge in [0.25, 0.3) is 0 Å². The molecule has 1 aromatic rings. The predicted molar refractivity (Wildman–Crippen MR) is 70.2 cm³/mol. The van der Waals surface area contributed by atoms with Crippen LogP contribution in [0.5, 0.6) is 0 Å². The summed E-state index contributed by atoms with van der Waals surface area (Å²) in [5, 5.41) is 4.39. The highest BCUT2D eigenvalue weighted by Crippen LogP contribution is 2.24. The standard InChI is InChI=1S/C14H20ClN/c1-10-6-13(7-11(2)14(10)15)8-12-4-3-5-16-9-12/h6-7,12,16H,3-5,8-9H2,1-2H3. The van der Waals surface area contributed by atoms with Crippen molar-refractivity contribution in [2.24, 2.45) is 5.92 Å². The van der Waals surface area contributed by atoms with E-state index in [1.165, 1.54) is 49.0 Å². The molecule has 1 heterocycles. The summed E-state index contributed by atoms with van der Waals surface area (Å²) in [4.78, 5) is 0. The van der Waals surface area contributed by atoms with E-state index in [4.69, 9.17) is 11.6 Å². The van der Waals surface area contributed by atoms with Crippen molar-refractivity contribution in [2.45, 2.75) is 33.1 Å². The molecule has 0 bridgehead atoms. The molecule has 2 heteroatoms. The molecule has 16 heavy (non-hydrogen) atoms. The largest absolute Gasteiger partial charge is 0.316 e. The number of rotatable bonds is 2. The van der Waals surface area contributed by atoms with Crippen LogP contribution >= 0.6 is 11.6 Å². The zero-order chi connectivity index (χ0) is 11.5. The molecule has 1 nitrogen and oxygen atoms in total. The minimum Gasteiger partial charge on any atom is -0.316 e. The lowest BCUT2D eigenvalue weighted by Gasteiger charge is -2.23. The second-order valence-electron chi connectivity index (χ2n) is 4.96. The number of piperidine rings is 1. The van der Waals surface area contributed by atoms with E-state index in [9.17, 15) is 0 Å². The lowest BCUT2D eigenvalue weighted by Crippen LogP contribution is -2.30. The molecule has 0 radical (unpaired) electrons. The number of aryl methyl sites for hydroxylation is 2. The maximum atomic E-state index is 6.18. The van der Waals surface area contributed by atoms with Crippen LogP contribution in [0.1, 0.15) is 29.5 Å². The summed E-state index contributed by atoms with van der Waals surface area (Å²) in [6.07, 6.45) is 3.86. The highest BCUT2D eigenvalue weighted by atomic mass is 35.5. The van der Waals surface area contributed by atoms with Gasteiger partial charge in [0.05, 0.1) is 0 Å². The van der Waals surface area contributed by atoms with E-state index >= 15 is 0 Å². The van der Waals surface area contributed by atoms with Gasteiger partial charge >= 0.3 is 0 Å². The van der Waals surface area contributed by atoms with Crippen LogP contribution in [0.3, 0.4) is 0 Å². The van der Waals surface area contributed by atoms with Gasteiger partial charge in [-0.05, 0) is 68.8 Å². The maximum Gasteiger partial charge on any atom is 0.0464 e. The Balaban J connectivity index is 2.09. The average molecular weight is 238 g/mol. The van der Waals surface area contributed by atoms with Crippen molar-refractivity contribution < 1.29 is 0 Å². The van der Waals surface area contributed by atoms with Gasteiger partial charge in [0.15, 0.2) is 0 Å². The second-order valence-corrected chi connectivity index (χ2v) is 5.34. The van der Waals surface area contributed by atoms with Crippen LogP contribution in [0.4, 0.5) is 0 Å². The normalized spacial score (nSPS) is 21.1. The van der Waals surface area contributed by atoms with Crippen LogP contribution < -0.4 is 5.32 Å². The summed E-state index contributed by atoms with van der Waals surface area (Å²) >= 11 is 6.18. The third kappa shape index (κ3) is 2.78. The number of hydrogen-bond donors (Lipinski definition) is 1. The molecule has 1 aliphatic rings. The molecule has 0 saturated carbocycles. The van der Waals surface area contributed by atoms with Crippen molar-refractivity contribution in [3.05, 3.63) is 33.8 Å². The van der Waals surface area contributed by atoms with Gasteiger partial charge in [-0.15, -0.1) is 0 Å². The smallest absolute Gasteiger partial charge is 0.0464 e. The van der Waals surface area contributed by atoms with E-state index in [1.54, 1.807) is 0 Å². The number of nitrogens with one attached hydrogen (secondary N) is 1. The van der Waals surface area contributed by atoms with Crippen LogP contribution in [0.2, 0.25) is 5.02 Å². The van der Waals surface area contributed by atoms with E-state index in [1.807, 2.05) is 0 Å². The Hall–Kier alpha value is -0.530. The first-order valence-electron chi connectivity index (χ1n) is 6.13. The molecule has 88 valence electrons. The van der Waals surface area contributed by atoms with E-state index in [0.717, 1.165) is 10.9 Å². The van der Waals surface area contributed by atoms with Crippen LogP contribution in [0, 0.1) is 19.8 Å². The first kappa shape index (κ1) is 11.9. The van der Waals surface area contributed by atoms with Gasteiger partial charge in [-0.3, -0.25) is 0 Å². The molecular formula is C14H20ClN. The second kappa shape index (κ2) is 5.20. The van der Waals surface area contributed by atoms with Crippen molar-refractivity contribution in [2.75, 3.05) is 13.1 Å². The van der Waals surface area contributed by atoms with Crippen molar-refractivity contribution in [3.63, 3.8) is 0 Å². The molecule has 1 saturated heterocycles. The van der Waals surface area contributed by atoms with Gasteiger partial charge in [0.2, 0.25) is 0 Å². The molecule has 2 rings (SSSR count). The van der Waals surface area contributed by atoms with Gasteiger partial charge in [0, 0.05) is 5.02 Å². The van der Waals surface area contributed by atoms with Crippen molar-refractivity contribution >= 4 is 11.6 Å². The summed E-state index contributed by atoms with van der Waals surface area (Å²) < 4.78 is 0. The maximum absolute atomic E-state index is 6.18. The SMILES string of the molecule is Cc1cc(CC2CCCNC2)cc(C)c1Cl. The average Bonchev–Trinajstić information content (AvgIpc) is 2.27. The molecular weight excluding hydrogens is 218 g/mol. The number of hydrogen-bond acceptors (Lipinski definition) is 1. The van der Waals surface area contributed by atoms with Crippen molar-refractivity contribution in [1.82, 2.24) is 5.32 Å². The molecule has 0 spiro atoms. The molecule has 1 fully saturated rings. The molecule has 0 aromatic heterocycles. The van der Waals surface area contributed by atoms with Gasteiger partial charge in [-0.25, -0.2) is 0 Å². The Morgan fingerprint density at radius 1 is 1.31 bits per heavy atom. The Morgan fingerprint density at radius 3 is 2.56 bits per heavy atom. The summed E-state index contributed by atoms with van der Waals surface area (Å²) in [5.41, 5.74) is 3.86. The third-order valence-corrected chi connectivity index (χ3v) is 4.02. The zero-order valence-corrected chi connectivity index (χ0v) is 10.9. The zero-order valence-electron chi connectivity index (χ0n) is 10.1. The fourth-order valence-electron chi connectivity index (χ4n) is 2.58. The quantitative estimate of drug-likeness (QED) is 0.830. The lowest BCUT2D eigenvalue weighted by atomic mass is 9.91. The minimum absolute atomic E-state index is 0.800.